The summed E-state index contributed by atoms with van der Waals surface area (Å²) >= 11 is 6.31. The molecule has 0 aliphatic rings. The van der Waals surface area contributed by atoms with Gasteiger partial charge in [-0.25, -0.2) is 4.68 Å². The number of aromatic hydroxyl groups is 2. The second-order valence-corrected chi connectivity index (χ2v) is 7.39. The summed E-state index contributed by atoms with van der Waals surface area (Å²) in [5.41, 5.74) is 2.46. The van der Waals surface area contributed by atoms with Gasteiger partial charge in [0.05, 0.1) is 28.2 Å². The Bertz CT molecular complexity index is 1240. The molecule has 4 aromatic rings. The quantitative estimate of drug-likeness (QED) is 0.489. The van der Waals surface area contributed by atoms with Gasteiger partial charge in [0.25, 0.3) is 5.91 Å². The van der Waals surface area contributed by atoms with Crippen LogP contribution < -0.4 is 0 Å². The highest BCUT2D eigenvalue weighted by Crippen LogP contribution is 2.37. The molecule has 0 bridgehead atoms. The number of pyridine rings is 1. The fraction of sp³-hybridized carbons (Fsp3) is 0.0870. The van der Waals surface area contributed by atoms with Crippen molar-refractivity contribution in [3.05, 3.63) is 89.3 Å². The molecule has 0 saturated carbocycles. The fourth-order valence-electron chi connectivity index (χ4n) is 3.32. The smallest absolute Gasteiger partial charge is 0.257 e. The van der Waals surface area contributed by atoms with Crippen molar-refractivity contribution in [1.82, 2.24) is 19.7 Å². The van der Waals surface area contributed by atoms with E-state index in [2.05, 4.69) is 10.1 Å². The Kier molecular flexibility index (Phi) is 5.60. The molecule has 0 unspecified atom stereocenters. The van der Waals surface area contributed by atoms with E-state index < -0.39 is 0 Å². The lowest BCUT2D eigenvalue weighted by Crippen LogP contribution is -2.26. The number of aromatic nitrogens is 3. The van der Waals surface area contributed by atoms with Gasteiger partial charge >= 0.3 is 0 Å². The van der Waals surface area contributed by atoms with Crippen LogP contribution in [0.2, 0.25) is 5.02 Å². The van der Waals surface area contributed by atoms with Crippen LogP contribution in [0, 0.1) is 0 Å². The van der Waals surface area contributed by atoms with Crippen molar-refractivity contribution >= 4 is 17.5 Å². The largest absolute Gasteiger partial charge is 0.507 e. The first-order valence-corrected chi connectivity index (χ1v) is 9.83. The Morgan fingerprint density at radius 2 is 1.77 bits per heavy atom. The third kappa shape index (κ3) is 4.08. The maximum Gasteiger partial charge on any atom is 0.257 e. The number of phenols is 2. The molecular formula is C23H19ClN4O3. The van der Waals surface area contributed by atoms with Crippen LogP contribution in [0.5, 0.6) is 11.5 Å². The summed E-state index contributed by atoms with van der Waals surface area (Å²) in [4.78, 5) is 18.5. The lowest BCUT2D eigenvalue weighted by molar-refractivity contribution is 0.0782. The SMILES string of the molecule is CN(Cc1ccncc1)C(=O)c1cc(-c2ccnn2-c2ccccc2Cl)c(O)cc1O. The van der Waals surface area contributed by atoms with E-state index in [1.54, 1.807) is 48.5 Å². The van der Waals surface area contributed by atoms with Gasteiger partial charge in [0.2, 0.25) is 0 Å². The molecule has 0 saturated heterocycles. The standard InChI is InChI=1S/C23H19ClN4O3/c1-27(14-15-6-9-25-10-7-15)23(31)17-12-16(21(29)13-22(17)30)19-8-11-26-28(19)20-5-3-2-4-18(20)24/h2-13,29-30H,14H2,1H3. The Morgan fingerprint density at radius 1 is 1.03 bits per heavy atom. The molecule has 8 heteroatoms. The Balaban J connectivity index is 1.72. The number of carbonyl (C=O) groups excluding carboxylic acids is 1. The number of hydrogen-bond acceptors (Lipinski definition) is 5. The van der Waals surface area contributed by atoms with Crippen molar-refractivity contribution in [2.75, 3.05) is 7.05 Å². The molecule has 0 fully saturated rings. The fourth-order valence-corrected chi connectivity index (χ4v) is 3.53. The van der Waals surface area contributed by atoms with E-state index in [0.29, 0.717) is 28.5 Å². The van der Waals surface area contributed by atoms with E-state index in [0.717, 1.165) is 11.6 Å². The first-order valence-electron chi connectivity index (χ1n) is 9.45. The topological polar surface area (TPSA) is 91.5 Å². The maximum atomic E-state index is 13.0. The van der Waals surface area contributed by atoms with Crippen molar-refractivity contribution in [3.8, 4) is 28.4 Å². The van der Waals surface area contributed by atoms with Crippen molar-refractivity contribution in [3.63, 3.8) is 0 Å². The normalized spacial score (nSPS) is 10.8. The van der Waals surface area contributed by atoms with Gasteiger partial charge in [0.15, 0.2) is 0 Å². The third-order valence-electron chi connectivity index (χ3n) is 4.86. The number of amides is 1. The lowest BCUT2D eigenvalue weighted by Gasteiger charge is -2.19. The number of nitrogens with zero attached hydrogens (tertiary/aromatic N) is 4. The summed E-state index contributed by atoms with van der Waals surface area (Å²) in [5.74, 6) is -0.879. The summed E-state index contributed by atoms with van der Waals surface area (Å²) in [6.07, 6.45) is 4.88. The van der Waals surface area contributed by atoms with E-state index in [1.807, 2.05) is 24.3 Å². The van der Waals surface area contributed by atoms with Crippen molar-refractivity contribution < 1.29 is 15.0 Å². The number of rotatable bonds is 5. The second kappa shape index (κ2) is 8.49. The molecule has 2 N–H and O–H groups in total. The van der Waals surface area contributed by atoms with E-state index >= 15 is 0 Å². The average molecular weight is 435 g/mol. The van der Waals surface area contributed by atoms with Crippen molar-refractivity contribution in [1.29, 1.82) is 0 Å². The minimum absolute atomic E-state index is 0.0660. The highest BCUT2D eigenvalue weighted by molar-refractivity contribution is 6.32. The van der Waals surface area contributed by atoms with Gasteiger partial charge in [-0.15, -0.1) is 0 Å². The summed E-state index contributed by atoms with van der Waals surface area (Å²) in [5, 5.41) is 25.7. The van der Waals surface area contributed by atoms with E-state index in [-0.39, 0.29) is 23.0 Å². The van der Waals surface area contributed by atoms with E-state index in [9.17, 15) is 15.0 Å². The van der Waals surface area contributed by atoms with Crippen LogP contribution in [0.25, 0.3) is 16.9 Å². The van der Waals surface area contributed by atoms with Crippen LogP contribution in [0.4, 0.5) is 0 Å². The van der Waals surface area contributed by atoms with Gasteiger partial charge in [-0.05, 0) is 42.0 Å². The van der Waals surface area contributed by atoms with Crippen molar-refractivity contribution in [2.45, 2.75) is 6.54 Å². The highest BCUT2D eigenvalue weighted by atomic mass is 35.5. The number of benzene rings is 2. The molecule has 2 aromatic heterocycles. The summed E-state index contributed by atoms with van der Waals surface area (Å²) < 4.78 is 1.57. The van der Waals surface area contributed by atoms with Crippen LogP contribution in [0.1, 0.15) is 15.9 Å². The molecule has 0 aliphatic heterocycles. The lowest BCUT2D eigenvalue weighted by atomic mass is 10.0. The van der Waals surface area contributed by atoms with E-state index in [4.69, 9.17) is 11.6 Å². The first kappa shape index (κ1) is 20.4. The number of para-hydroxylation sites is 1. The predicted octanol–water partition coefficient (Wildman–Crippen LogP) is 4.27. The summed E-state index contributed by atoms with van der Waals surface area (Å²) in [6.45, 7) is 0.342. The molecule has 0 atom stereocenters. The molecule has 156 valence electrons. The molecule has 0 spiro atoms. The number of hydrogen-bond donors (Lipinski definition) is 2. The second-order valence-electron chi connectivity index (χ2n) is 6.98. The van der Waals surface area contributed by atoms with Gasteiger partial charge in [-0.1, -0.05) is 23.7 Å². The molecular weight excluding hydrogens is 416 g/mol. The molecule has 0 aliphatic carbocycles. The molecule has 2 heterocycles. The average Bonchev–Trinajstić information content (AvgIpc) is 3.23. The molecule has 2 aromatic carbocycles. The number of carbonyl (C=O) groups is 1. The third-order valence-corrected chi connectivity index (χ3v) is 5.18. The number of phenolic OH excluding ortho intramolecular Hbond substituents is 2. The molecule has 7 nitrogen and oxygen atoms in total. The monoisotopic (exact) mass is 434 g/mol. The highest BCUT2D eigenvalue weighted by Gasteiger charge is 2.21. The molecule has 0 radical (unpaired) electrons. The maximum absolute atomic E-state index is 13.0. The Hall–Kier alpha value is -3.84. The van der Waals surface area contributed by atoms with Crippen LogP contribution in [0.15, 0.2) is 73.2 Å². The predicted molar refractivity (Wildman–Crippen MR) is 117 cm³/mol. The zero-order chi connectivity index (χ0) is 22.0. The van der Waals surface area contributed by atoms with Crippen molar-refractivity contribution in [2.24, 2.45) is 0 Å². The summed E-state index contributed by atoms with van der Waals surface area (Å²) in [6, 6.07) is 15.1. The van der Waals surface area contributed by atoms with Gasteiger partial charge in [0, 0.05) is 37.6 Å². The molecule has 4 rings (SSSR count). The Morgan fingerprint density at radius 3 is 2.52 bits per heavy atom. The van der Waals surface area contributed by atoms with E-state index in [1.165, 1.54) is 11.0 Å². The minimum Gasteiger partial charge on any atom is -0.507 e. The van der Waals surface area contributed by atoms with Crippen LogP contribution >= 0.6 is 11.6 Å². The Labute approximate surface area is 183 Å². The summed E-state index contributed by atoms with van der Waals surface area (Å²) in [7, 11) is 1.64. The molecule has 1 amide bonds. The van der Waals surface area contributed by atoms with Gasteiger partial charge in [0.1, 0.15) is 11.5 Å². The van der Waals surface area contributed by atoms with Crippen LogP contribution in [-0.4, -0.2) is 42.8 Å². The number of halogens is 1. The minimum atomic E-state index is -0.389. The van der Waals surface area contributed by atoms with Gasteiger partial charge in [-0.3, -0.25) is 9.78 Å². The zero-order valence-electron chi connectivity index (χ0n) is 16.6. The van der Waals surface area contributed by atoms with Gasteiger partial charge in [-0.2, -0.15) is 5.10 Å². The molecule has 31 heavy (non-hydrogen) atoms. The van der Waals surface area contributed by atoms with Crippen LogP contribution in [0.3, 0.4) is 0 Å². The van der Waals surface area contributed by atoms with Gasteiger partial charge < -0.3 is 15.1 Å². The zero-order valence-corrected chi connectivity index (χ0v) is 17.4. The first-order chi connectivity index (χ1) is 15.0. The van der Waals surface area contributed by atoms with Crippen LogP contribution in [-0.2, 0) is 6.54 Å².